The van der Waals surface area contributed by atoms with E-state index in [0.717, 1.165) is 35.8 Å². The molecule has 0 aromatic heterocycles. The van der Waals surface area contributed by atoms with Crippen LogP contribution in [0.2, 0.25) is 0 Å². The summed E-state index contributed by atoms with van der Waals surface area (Å²) >= 11 is 0. The van der Waals surface area contributed by atoms with Gasteiger partial charge in [0, 0.05) is 13.1 Å². The van der Waals surface area contributed by atoms with Gasteiger partial charge in [-0.2, -0.15) is 0 Å². The molecule has 3 rings (SSSR count). The van der Waals surface area contributed by atoms with E-state index in [9.17, 15) is 17.6 Å². The van der Waals surface area contributed by atoms with Gasteiger partial charge in [0.15, 0.2) is 0 Å². The van der Waals surface area contributed by atoms with Crippen molar-refractivity contribution in [2.24, 2.45) is 0 Å². The van der Waals surface area contributed by atoms with Crippen LogP contribution in [0, 0.1) is 5.82 Å². The van der Waals surface area contributed by atoms with Crippen LogP contribution in [0.15, 0.2) is 48.5 Å². The van der Waals surface area contributed by atoms with Gasteiger partial charge in [-0.15, -0.1) is 0 Å². The second kappa shape index (κ2) is 10.2. The lowest BCUT2D eigenvalue weighted by Gasteiger charge is -2.30. The SMILES string of the molecule is CC[C@H](C(=O)NCc1cccc(CN2CCCC2)c1)N(c1ccc(F)cc1)S(C)(=O)=O. The molecule has 0 unspecified atom stereocenters. The second-order valence-electron chi connectivity index (χ2n) is 7.98. The molecular weight excluding hydrogens is 417 g/mol. The van der Waals surface area contributed by atoms with Crippen molar-refractivity contribution in [3.05, 3.63) is 65.5 Å². The number of anilines is 1. The Balaban J connectivity index is 1.70. The number of hydrogen-bond donors (Lipinski definition) is 1. The van der Waals surface area contributed by atoms with Gasteiger partial charge in [0.1, 0.15) is 11.9 Å². The number of hydrogen-bond acceptors (Lipinski definition) is 4. The number of rotatable bonds is 9. The van der Waals surface area contributed by atoms with Gasteiger partial charge in [0.2, 0.25) is 15.9 Å². The van der Waals surface area contributed by atoms with E-state index in [1.807, 2.05) is 12.1 Å². The molecule has 8 heteroatoms. The van der Waals surface area contributed by atoms with E-state index < -0.39 is 21.9 Å². The topological polar surface area (TPSA) is 69.7 Å². The van der Waals surface area contributed by atoms with Crippen LogP contribution in [0.5, 0.6) is 0 Å². The van der Waals surface area contributed by atoms with E-state index in [0.29, 0.717) is 6.54 Å². The Labute approximate surface area is 184 Å². The highest BCUT2D eigenvalue weighted by Gasteiger charge is 2.31. The van der Waals surface area contributed by atoms with Crippen LogP contribution in [0.1, 0.15) is 37.3 Å². The van der Waals surface area contributed by atoms with Crippen molar-refractivity contribution >= 4 is 21.6 Å². The van der Waals surface area contributed by atoms with E-state index in [4.69, 9.17) is 0 Å². The molecule has 1 aliphatic rings. The van der Waals surface area contributed by atoms with E-state index >= 15 is 0 Å². The van der Waals surface area contributed by atoms with Gasteiger partial charge in [0.05, 0.1) is 11.9 Å². The first-order valence-corrected chi connectivity index (χ1v) is 12.5. The summed E-state index contributed by atoms with van der Waals surface area (Å²) in [4.78, 5) is 15.4. The minimum absolute atomic E-state index is 0.263. The van der Waals surface area contributed by atoms with Crippen LogP contribution in [0.3, 0.4) is 0 Å². The zero-order valence-corrected chi connectivity index (χ0v) is 18.9. The Morgan fingerprint density at radius 3 is 2.39 bits per heavy atom. The number of carbonyl (C=O) groups excluding carboxylic acids is 1. The van der Waals surface area contributed by atoms with Crippen molar-refractivity contribution in [1.29, 1.82) is 0 Å². The van der Waals surface area contributed by atoms with Gasteiger partial charge in [-0.1, -0.05) is 31.2 Å². The summed E-state index contributed by atoms with van der Waals surface area (Å²) in [7, 11) is -3.75. The van der Waals surface area contributed by atoms with Crippen LogP contribution in [-0.2, 0) is 27.9 Å². The molecule has 0 bridgehead atoms. The molecule has 2 aromatic rings. The van der Waals surface area contributed by atoms with Crippen molar-refractivity contribution in [3.8, 4) is 0 Å². The molecule has 1 amide bonds. The van der Waals surface area contributed by atoms with Crippen molar-refractivity contribution in [2.45, 2.75) is 45.3 Å². The molecule has 2 aromatic carbocycles. The average Bonchev–Trinajstić information content (AvgIpc) is 3.23. The van der Waals surface area contributed by atoms with Crippen molar-refractivity contribution in [1.82, 2.24) is 10.2 Å². The lowest BCUT2D eigenvalue weighted by molar-refractivity contribution is -0.122. The molecule has 1 atom stereocenters. The fourth-order valence-corrected chi connectivity index (χ4v) is 5.20. The monoisotopic (exact) mass is 447 g/mol. The first-order chi connectivity index (χ1) is 14.8. The van der Waals surface area contributed by atoms with Gasteiger partial charge >= 0.3 is 0 Å². The van der Waals surface area contributed by atoms with Gasteiger partial charge in [-0.3, -0.25) is 14.0 Å². The van der Waals surface area contributed by atoms with E-state index in [1.165, 1.54) is 42.7 Å². The maximum Gasteiger partial charge on any atom is 0.244 e. The molecule has 1 fully saturated rings. The maximum atomic E-state index is 13.3. The zero-order chi connectivity index (χ0) is 22.4. The normalized spacial score (nSPS) is 15.6. The number of carbonyl (C=O) groups is 1. The van der Waals surface area contributed by atoms with Crippen LogP contribution in [-0.4, -0.2) is 44.6 Å². The van der Waals surface area contributed by atoms with Crippen LogP contribution in [0.25, 0.3) is 0 Å². The summed E-state index contributed by atoms with van der Waals surface area (Å²) in [5.41, 5.74) is 2.43. The molecule has 0 aliphatic carbocycles. The van der Waals surface area contributed by atoms with Crippen molar-refractivity contribution < 1.29 is 17.6 Å². The second-order valence-corrected chi connectivity index (χ2v) is 9.84. The summed E-state index contributed by atoms with van der Waals surface area (Å²) < 4.78 is 39.3. The number of benzene rings is 2. The van der Waals surface area contributed by atoms with E-state index in [1.54, 1.807) is 6.92 Å². The number of nitrogens with zero attached hydrogens (tertiary/aromatic N) is 2. The molecule has 1 aliphatic heterocycles. The fourth-order valence-electron chi connectivity index (χ4n) is 3.99. The largest absolute Gasteiger partial charge is 0.350 e. The minimum atomic E-state index is -3.75. The van der Waals surface area contributed by atoms with E-state index in [2.05, 4.69) is 22.3 Å². The summed E-state index contributed by atoms with van der Waals surface area (Å²) in [6.07, 6.45) is 3.80. The average molecular weight is 448 g/mol. The first-order valence-electron chi connectivity index (χ1n) is 10.6. The van der Waals surface area contributed by atoms with Gasteiger partial charge in [-0.25, -0.2) is 12.8 Å². The molecule has 0 spiro atoms. The molecular formula is C23H30FN3O3S. The molecule has 6 nitrogen and oxygen atoms in total. The van der Waals surface area contributed by atoms with Crippen molar-refractivity contribution in [2.75, 3.05) is 23.7 Å². The molecule has 1 heterocycles. The van der Waals surface area contributed by atoms with Crippen LogP contribution in [0.4, 0.5) is 10.1 Å². The summed E-state index contributed by atoms with van der Waals surface area (Å²) in [5, 5.41) is 2.87. The molecule has 1 N–H and O–H groups in total. The number of nitrogens with one attached hydrogen (secondary N) is 1. The van der Waals surface area contributed by atoms with Gasteiger partial charge in [-0.05, 0) is 67.7 Å². The standard InChI is InChI=1S/C23H30FN3O3S/c1-3-22(27(31(2,29)30)21-11-9-20(24)10-12-21)23(28)25-16-18-7-6-8-19(15-18)17-26-13-4-5-14-26/h6-12,15,22H,3-5,13-14,16-17H2,1-2H3,(H,25,28)/t22-/m1/s1. The summed E-state index contributed by atoms with van der Waals surface area (Å²) in [6, 6.07) is 12.3. The van der Waals surface area contributed by atoms with Gasteiger partial charge < -0.3 is 5.32 Å². The number of amides is 1. The predicted molar refractivity (Wildman–Crippen MR) is 121 cm³/mol. The number of likely N-dealkylation sites (tertiary alicyclic amines) is 1. The molecule has 168 valence electrons. The Morgan fingerprint density at radius 1 is 1.13 bits per heavy atom. The number of sulfonamides is 1. The third-order valence-electron chi connectivity index (χ3n) is 5.47. The molecule has 1 saturated heterocycles. The number of halogens is 1. The highest BCUT2D eigenvalue weighted by Crippen LogP contribution is 2.23. The Bertz CT molecular complexity index is 989. The molecule has 0 saturated carbocycles. The van der Waals surface area contributed by atoms with Crippen LogP contribution < -0.4 is 9.62 Å². The first kappa shape index (κ1) is 23.2. The van der Waals surface area contributed by atoms with Gasteiger partial charge in [0.25, 0.3) is 0 Å². The fraction of sp³-hybridized carbons (Fsp3) is 0.435. The quantitative estimate of drug-likeness (QED) is 0.641. The third kappa shape index (κ3) is 6.27. The highest BCUT2D eigenvalue weighted by atomic mass is 32.2. The lowest BCUT2D eigenvalue weighted by Crippen LogP contribution is -2.49. The Morgan fingerprint density at radius 2 is 1.77 bits per heavy atom. The molecule has 0 radical (unpaired) electrons. The minimum Gasteiger partial charge on any atom is -0.350 e. The van der Waals surface area contributed by atoms with Crippen LogP contribution >= 0.6 is 0 Å². The Hall–Kier alpha value is -2.45. The predicted octanol–water partition coefficient (Wildman–Crippen LogP) is 3.28. The van der Waals surface area contributed by atoms with Crippen molar-refractivity contribution in [3.63, 3.8) is 0 Å². The maximum absolute atomic E-state index is 13.3. The third-order valence-corrected chi connectivity index (χ3v) is 6.65. The Kier molecular flexibility index (Phi) is 7.67. The van der Waals surface area contributed by atoms with E-state index in [-0.39, 0.29) is 18.0 Å². The highest BCUT2D eigenvalue weighted by molar-refractivity contribution is 7.92. The summed E-state index contributed by atoms with van der Waals surface area (Å²) in [6.45, 7) is 5.19. The zero-order valence-electron chi connectivity index (χ0n) is 18.1. The molecule has 31 heavy (non-hydrogen) atoms. The lowest BCUT2D eigenvalue weighted by atomic mass is 10.1. The summed E-state index contributed by atoms with van der Waals surface area (Å²) in [5.74, 6) is -0.856. The smallest absolute Gasteiger partial charge is 0.244 e.